The van der Waals surface area contributed by atoms with Gasteiger partial charge in [-0.3, -0.25) is 0 Å². The van der Waals surface area contributed by atoms with Crippen molar-refractivity contribution in [2.24, 2.45) is 11.8 Å². The normalized spacial score (nSPS) is 13.9. The van der Waals surface area contributed by atoms with Crippen LogP contribution in [0.5, 0.6) is 0 Å². The molecule has 0 radical (unpaired) electrons. The molecule has 0 spiro atoms. The summed E-state index contributed by atoms with van der Waals surface area (Å²) in [7, 11) is 0. The molecule has 0 aromatic heterocycles. The second-order valence-electron chi connectivity index (χ2n) is 6.77. The Balaban J connectivity index is 2.67. The van der Waals surface area contributed by atoms with E-state index in [1.165, 1.54) is 17.5 Å². The lowest BCUT2D eigenvalue weighted by atomic mass is 9.87. The van der Waals surface area contributed by atoms with Crippen LogP contribution in [0, 0.1) is 18.8 Å². The van der Waals surface area contributed by atoms with Gasteiger partial charge >= 0.3 is 0 Å². The minimum atomic E-state index is 0.207. The van der Waals surface area contributed by atoms with Crippen molar-refractivity contribution in [1.29, 1.82) is 0 Å². The Hall–Kier alpha value is -0.820. The van der Waals surface area contributed by atoms with Crippen LogP contribution in [0.25, 0.3) is 0 Å². The van der Waals surface area contributed by atoms with Crippen LogP contribution in [0.3, 0.4) is 0 Å². The lowest BCUT2D eigenvalue weighted by Gasteiger charge is -2.28. The lowest BCUT2D eigenvalue weighted by molar-refractivity contribution is 0.312. The first-order chi connectivity index (χ1) is 8.29. The number of hydrogen-bond donors (Lipinski definition) is 1. The summed E-state index contributed by atoms with van der Waals surface area (Å²) in [5, 5.41) is 3.64. The van der Waals surface area contributed by atoms with Gasteiger partial charge in [-0.25, -0.2) is 0 Å². The van der Waals surface area contributed by atoms with Crippen molar-refractivity contribution in [1.82, 2.24) is 5.32 Å². The van der Waals surface area contributed by atoms with E-state index in [9.17, 15) is 0 Å². The highest BCUT2D eigenvalue weighted by Gasteiger charge is 2.18. The Morgan fingerprint density at radius 2 is 1.72 bits per heavy atom. The summed E-state index contributed by atoms with van der Waals surface area (Å²) < 4.78 is 0. The molecule has 0 fully saturated rings. The van der Waals surface area contributed by atoms with Crippen LogP contribution < -0.4 is 5.32 Å². The van der Waals surface area contributed by atoms with E-state index in [2.05, 4.69) is 71.1 Å². The van der Waals surface area contributed by atoms with Crippen LogP contribution in [0.1, 0.15) is 45.7 Å². The first kappa shape index (κ1) is 15.2. The van der Waals surface area contributed by atoms with Crippen molar-refractivity contribution in [3.63, 3.8) is 0 Å². The summed E-state index contributed by atoms with van der Waals surface area (Å²) in [6.45, 7) is 14.7. The second kappa shape index (κ2) is 6.38. The maximum Gasteiger partial charge on any atom is 0.00966 e. The van der Waals surface area contributed by atoms with E-state index in [0.29, 0.717) is 11.8 Å². The predicted molar refractivity (Wildman–Crippen MR) is 81.0 cm³/mol. The number of benzene rings is 1. The molecule has 1 unspecified atom stereocenters. The third-order valence-corrected chi connectivity index (χ3v) is 3.58. The van der Waals surface area contributed by atoms with E-state index in [0.717, 1.165) is 6.54 Å². The van der Waals surface area contributed by atoms with Crippen molar-refractivity contribution in [2.75, 3.05) is 6.54 Å². The summed E-state index contributed by atoms with van der Waals surface area (Å²) in [6.07, 6.45) is 1.17. The molecule has 102 valence electrons. The standard InChI is InChI=1S/C17H29N/c1-13(2)16(12-18-17(4,5)6)11-15-10-8-7-9-14(15)3/h7-10,13,16,18H,11-12H2,1-6H3. The number of aryl methyl sites for hydroxylation is 1. The van der Waals surface area contributed by atoms with E-state index in [4.69, 9.17) is 0 Å². The molecule has 1 aromatic carbocycles. The molecule has 0 amide bonds. The molecule has 1 rings (SSSR count). The van der Waals surface area contributed by atoms with Gasteiger partial charge in [-0.15, -0.1) is 0 Å². The molecule has 0 heterocycles. The van der Waals surface area contributed by atoms with Crippen LogP contribution in [0.4, 0.5) is 0 Å². The van der Waals surface area contributed by atoms with Gasteiger partial charge in [-0.05, 0) is 63.6 Å². The van der Waals surface area contributed by atoms with Crippen molar-refractivity contribution in [3.05, 3.63) is 35.4 Å². The maximum absolute atomic E-state index is 3.64. The molecule has 0 aliphatic heterocycles. The molecule has 1 aromatic rings. The summed E-state index contributed by atoms with van der Waals surface area (Å²) in [6, 6.07) is 8.75. The molecule has 0 bridgehead atoms. The summed E-state index contributed by atoms with van der Waals surface area (Å²) >= 11 is 0. The average molecular weight is 247 g/mol. The van der Waals surface area contributed by atoms with Crippen LogP contribution in [0.15, 0.2) is 24.3 Å². The first-order valence-corrected chi connectivity index (χ1v) is 7.09. The number of rotatable bonds is 5. The third kappa shape index (κ3) is 5.22. The molecule has 18 heavy (non-hydrogen) atoms. The van der Waals surface area contributed by atoms with Gasteiger partial charge in [-0.1, -0.05) is 38.1 Å². The fraction of sp³-hybridized carbons (Fsp3) is 0.647. The fourth-order valence-electron chi connectivity index (χ4n) is 2.10. The van der Waals surface area contributed by atoms with Crippen LogP contribution in [0.2, 0.25) is 0 Å². The van der Waals surface area contributed by atoms with Gasteiger partial charge in [0, 0.05) is 5.54 Å². The van der Waals surface area contributed by atoms with E-state index in [-0.39, 0.29) is 5.54 Å². The van der Waals surface area contributed by atoms with Gasteiger partial charge in [0.05, 0.1) is 0 Å². The third-order valence-electron chi connectivity index (χ3n) is 3.58. The van der Waals surface area contributed by atoms with Crippen LogP contribution in [-0.4, -0.2) is 12.1 Å². The number of nitrogens with one attached hydrogen (secondary N) is 1. The topological polar surface area (TPSA) is 12.0 Å². The molecule has 1 atom stereocenters. The summed E-state index contributed by atoms with van der Waals surface area (Å²) in [5.41, 5.74) is 3.12. The second-order valence-corrected chi connectivity index (χ2v) is 6.77. The number of hydrogen-bond acceptors (Lipinski definition) is 1. The molecular weight excluding hydrogens is 218 g/mol. The highest BCUT2D eigenvalue weighted by atomic mass is 14.9. The summed E-state index contributed by atoms with van der Waals surface area (Å²) in [4.78, 5) is 0. The quantitative estimate of drug-likeness (QED) is 0.822. The zero-order valence-electron chi connectivity index (χ0n) is 12.9. The SMILES string of the molecule is Cc1ccccc1CC(CNC(C)(C)C)C(C)C. The van der Waals surface area contributed by atoms with E-state index in [1.807, 2.05) is 0 Å². The van der Waals surface area contributed by atoms with E-state index < -0.39 is 0 Å². The van der Waals surface area contributed by atoms with Gasteiger partial charge in [-0.2, -0.15) is 0 Å². The van der Waals surface area contributed by atoms with Gasteiger partial charge in [0.15, 0.2) is 0 Å². The highest BCUT2D eigenvalue weighted by molar-refractivity contribution is 5.26. The molecule has 0 aliphatic carbocycles. The minimum absolute atomic E-state index is 0.207. The van der Waals surface area contributed by atoms with Gasteiger partial charge in [0.1, 0.15) is 0 Å². The Bertz CT molecular complexity index is 360. The largest absolute Gasteiger partial charge is 0.312 e. The molecular formula is C17H29N. The Morgan fingerprint density at radius 3 is 2.22 bits per heavy atom. The first-order valence-electron chi connectivity index (χ1n) is 7.09. The van der Waals surface area contributed by atoms with Crippen molar-refractivity contribution >= 4 is 0 Å². The smallest absolute Gasteiger partial charge is 0.00966 e. The summed E-state index contributed by atoms with van der Waals surface area (Å²) in [5.74, 6) is 1.41. The highest BCUT2D eigenvalue weighted by Crippen LogP contribution is 2.19. The van der Waals surface area contributed by atoms with Crippen LogP contribution in [-0.2, 0) is 6.42 Å². The Labute approximate surface area is 113 Å². The Morgan fingerprint density at radius 1 is 1.11 bits per heavy atom. The molecule has 1 heteroatoms. The molecule has 0 aliphatic rings. The zero-order chi connectivity index (χ0) is 13.8. The van der Waals surface area contributed by atoms with Crippen LogP contribution >= 0.6 is 0 Å². The average Bonchev–Trinajstić information content (AvgIpc) is 2.24. The predicted octanol–water partition coefficient (Wildman–Crippen LogP) is 4.20. The molecule has 1 nitrogen and oxygen atoms in total. The van der Waals surface area contributed by atoms with Crippen molar-refractivity contribution < 1.29 is 0 Å². The minimum Gasteiger partial charge on any atom is -0.312 e. The van der Waals surface area contributed by atoms with Crippen molar-refractivity contribution in [2.45, 2.75) is 53.5 Å². The van der Waals surface area contributed by atoms with Crippen molar-refractivity contribution in [3.8, 4) is 0 Å². The molecule has 1 N–H and O–H groups in total. The van der Waals surface area contributed by atoms with E-state index in [1.54, 1.807) is 0 Å². The molecule has 0 saturated carbocycles. The Kier molecular flexibility index (Phi) is 5.40. The monoisotopic (exact) mass is 247 g/mol. The van der Waals surface area contributed by atoms with E-state index >= 15 is 0 Å². The van der Waals surface area contributed by atoms with Gasteiger partial charge < -0.3 is 5.32 Å². The fourth-order valence-corrected chi connectivity index (χ4v) is 2.10. The maximum atomic E-state index is 3.64. The zero-order valence-corrected chi connectivity index (χ0v) is 12.9. The molecule has 0 saturated heterocycles. The van der Waals surface area contributed by atoms with Gasteiger partial charge in [0.2, 0.25) is 0 Å². The lowest BCUT2D eigenvalue weighted by Crippen LogP contribution is -2.40. The van der Waals surface area contributed by atoms with Gasteiger partial charge in [0.25, 0.3) is 0 Å².